The van der Waals surface area contributed by atoms with E-state index in [9.17, 15) is 4.39 Å². The highest BCUT2D eigenvalue weighted by Gasteiger charge is 2.17. The summed E-state index contributed by atoms with van der Waals surface area (Å²) in [4.78, 5) is 2.05. The fourth-order valence-electron chi connectivity index (χ4n) is 2.46. The molecule has 0 heterocycles. The van der Waals surface area contributed by atoms with Gasteiger partial charge >= 0.3 is 0 Å². The molecule has 0 bridgehead atoms. The summed E-state index contributed by atoms with van der Waals surface area (Å²) in [5, 5.41) is 3.38. The molecule has 0 saturated carbocycles. The second kappa shape index (κ2) is 6.72. The molecule has 0 aliphatic rings. The zero-order valence-electron chi connectivity index (χ0n) is 13.2. The lowest BCUT2D eigenvalue weighted by Crippen LogP contribution is -2.23. The Kier molecular flexibility index (Phi) is 4.97. The third-order valence-electron chi connectivity index (χ3n) is 3.61. The number of hydrogen-bond acceptors (Lipinski definition) is 2. The molecule has 2 aromatic carbocycles. The van der Waals surface area contributed by atoms with E-state index in [0.29, 0.717) is 5.56 Å². The first-order valence-electron chi connectivity index (χ1n) is 7.29. The highest BCUT2D eigenvalue weighted by atomic mass is 19.1. The molecule has 1 unspecified atom stereocenters. The van der Waals surface area contributed by atoms with Crippen LogP contribution in [-0.2, 0) is 0 Å². The minimum Gasteiger partial charge on any atom is -0.378 e. The van der Waals surface area contributed by atoms with Crippen molar-refractivity contribution < 1.29 is 4.39 Å². The summed E-state index contributed by atoms with van der Waals surface area (Å²) in [5.74, 6) is -0.164. The molecule has 3 heteroatoms. The molecule has 0 aromatic heterocycles. The Balaban J connectivity index is 2.40. The summed E-state index contributed by atoms with van der Waals surface area (Å²) in [6, 6.07) is 13.4. The van der Waals surface area contributed by atoms with E-state index in [2.05, 4.69) is 34.5 Å². The van der Waals surface area contributed by atoms with Gasteiger partial charge in [0.2, 0.25) is 0 Å². The molecule has 2 rings (SSSR count). The third-order valence-corrected chi connectivity index (χ3v) is 3.61. The maximum absolute atomic E-state index is 14.2. The van der Waals surface area contributed by atoms with Gasteiger partial charge in [-0.25, -0.2) is 4.39 Å². The Hall–Kier alpha value is -1.87. The van der Waals surface area contributed by atoms with Gasteiger partial charge in [0.05, 0.1) is 6.04 Å². The summed E-state index contributed by atoms with van der Waals surface area (Å²) < 4.78 is 14.2. The Morgan fingerprint density at radius 2 is 1.76 bits per heavy atom. The van der Waals surface area contributed by atoms with Gasteiger partial charge in [0.15, 0.2) is 0 Å². The Morgan fingerprint density at radius 3 is 2.33 bits per heavy atom. The minimum atomic E-state index is -0.164. The smallest absolute Gasteiger partial charge is 0.128 e. The first-order valence-corrected chi connectivity index (χ1v) is 7.29. The molecule has 0 radical (unpaired) electrons. The molecule has 0 fully saturated rings. The standard InChI is InChI=1S/C18H23FN2/c1-5-20-18(16-12-13(2)6-11-17(16)19)14-7-9-15(10-8-14)21(3)4/h6-12,18,20H,5H2,1-4H3. The monoisotopic (exact) mass is 286 g/mol. The second-order valence-corrected chi connectivity index (χ2v) is 5.50. The van der Waals surface area contributed by atoms with Crippen LogP contribution in [0.15, 0.2) is 42.5 Å². The van der Waals surface area contributed by atoms with Gasteiger partial charge in [0.25, 0.3) is 0 Å². The van der Waals surface area contributed by atoms with Crippen molar-refractivity contribution in [2.45, 2.75) is 19.9 Å². The van der Waals surface area contributed by atoms with Gasteiger partial charge in [-0.2, -0.15) is 0 Å². The minimum absolute atomic E-state index is 0.119. The average molecular weight is 286 g/mol. The summed E-state index contributed by atoms with van der Waals surface area (Å²) in [7, 11) is 4.02. The van der Waals surface area contributed by atoms with E-state index >= 15 is 0 Å². The molecule has 2 nitrogen and oxygen atoms in total. The van der Waals surface area contributed by atoms with Crippen molar-refractivity contribution >= 4 is 5.69 Å². The van der Waals surface area contributed by atoms with E-state index in [0.717, 1.165) is 23.4 Å². The lowest BCUT2D eigenvalue weighted by molar-refractivity contribution is 0.558. The molecule has 1 N–H and O–H groups in total. The van der Waals surface area contributed by atoms with Crippen molar-refractivity contribution in [3.63, 3.8) is 0 Å². The van der Waals surface area contributed by atoms with Crippen LogP contribution in [0.5, 0.6) is 0 Å². The zero-order valence-corrected chi connectivity index (χ0v) is 13.2. The van der Waals surface area contributed by atoms with Crippen molar-refractivity contribution in [1.82, 2.24) is 5.32 Å². The van der Waals surface area contributed by atoms with E-state index in [1.807, 2.05) is 34.0 Å². The summed E-state index contributed by atoms with van der Waals surface area (Å²) in [6.45, 7) is 4.81. The van der Waals surface area contributed by atoms with Gasteiger partial charge in [-0.3, -0.25) is 0 Å². The van der Waals surface area contributed by atoms with Gasteiger partial charge in [0, 0.05) is 25.3 Å². The predicted molar refractivity (Wildman–Crippen MR) is 87.4 cm³/mol. The molecule has 0 spiro atoms. The quantitative estimate of drug-likeness (QED) is 0.897. The molecule has 0 aliphatic heterocycles. The fourth-order valence-corrected chi connectivity index (χ4v) is 2.46. The van der Waals surface area contributed by atoms with E-state index in [1.54, 1.807) is 12.1 Å². The van der Waals surface area contributed by atoms with Gasteiger partial charge in [-0.1, -0.05) is 36.8 Å². The molecule has 1 atom stereocenters. The molecular formula is C18H23FN2. The molecule has 21 heavy (non-hydrogen) atoms. The fraction of sp³-hybridized carbons (Fsp3) is 0.333. The van der Waals surface area contributed by atoms with Crippen molar-refractivity contribution in [3.8, 4) is 0 Å². The molecule has 0 saturated heterocycles. The number of aryl methyl sites for hydroxylation is 1. The van der Waals surface area contributed by atoms with E-state index < -0.39 is 0 Å². The lowest BCUT2D eigenvalue weighted by atomic mass is 9.96. The first kappa shape index (κ1) is 15.5. The van der Waals surface area contributed by atoms with Crippen LogP contribution in [0.1, 0.15) is 29.7 Å². The van der Waals surface area contributed by atoms with Crippen LogP contribution in [0.25, 0.3) is 0 Å². The number of anilines is 1. The van der Waals surface area contributed by atoms with E-state index in [4.69, 9.17) is 0 Å². The first-order chi connectivity index (χ1) is 10.0. The second-order valence-electron chi connectivity index (χ2n) is 5.50. The lowest BCUT2D eigenvalue weighted by Gasteiger charge is -2.21. The highest BCUT2D eigenvalue weighted by molar-refractivity contribution is 5.48. The summed E-state index contributed by atoms with van der Waals surface area (Å²) in [5.41, 5.74) is 3.99. The van der Waals surface area contributed by atoms with Gasteiger partial charge in [-0.15, -0.1) is 0 Å². The molecule has 112 valence electrons. The zero-order chi connectivity index (χ0) is 15.4. The number of nitrogens with one attached hydrogen (secondary N) is 1. The van der Waals surface area contributed by atoms with Gasteiger partial charge in [-0.05, 0) is 37.2 Å². The topological polar surface area (TPSA) is 15.3 Å². The summed E-state index contributed by atoms with van der Waals surface area (Å²) in [6.07, 6.45) is 0. The molecule has 0 amide bonds. The van der Waals surface area contributed by atoms with Crippen LogP contribution in [0.3, 0.4) is 0 Å². The van der Waals surface area contributed by atoms with Crippen LogP contribution < -0.4 is 10.2 Å². The van der Waals surface area contributed by atoms with Gasteiger partial charge < -0.3 is 10.2 Å². The Labute approximate surface area is 126 Å². The highest BCUT2D eigenvalue weighted by Crippen LogP contribution is 2.26. The third kappa shape index (κ3) is 3.61. The van der Waals surface area contributed by atoms with Crippen molar-refractivity contribution in [1.29, 1.82) is 0 Å². The van der Waals surface area contributed by atoms with Crippen molar-refractivity contribution in [2.75, 3.05) is 25.5 Å². The van der Waals surface area contributed by atoms with Crippen LogP contribution in [0.4, 0.5) is 10.1 Å². The number of nitrogens with zero attached hydrogens (tertiary/aromatic N) is 1. The SMILES string of the molecule is CCNC(c1ccc(N(C)C)cc1)c1cc(C)ccc1F. The van der Waals surface area contributed by atoms with Crippen molar-refractivity contribution in [3.05, 3.63) is 65.0 Å². The maximum atomic E-state index is 14.2. The maximum Gasteiger partial charge on any atom is 0.128 e. The normalized spacial score (nSPS) is 12.2. The Bertz CT molecular complexity index is 591. The summed E-state index contributed by atoms with van der Waals surface area (Å²) >= 11 is 0. The number of benzene rings is 2. The van der Waals surface area contributed by atoms with Crippen LogP contribution in [-0.4, -0.2) is 20.6 Å². The van der Waals surface area contributed by atoms with Gasteiger partial charge in [0.1, 0.15) is 5.82 Å². The average Bonchev–Trinajstić information content (AvgIpc) is 2.48. The van der Waals surface area contributed by atoms with Crippen molar-refractivity contribution in [2.24, 2.45) is 0 Å². The van der Waals surface area contributed by atoms with Crippen LogP contribution >= 0.6 is 0 Å². The van der Waals surface area contributed by atoms with Crippen LogP contribution in [0, 0.1) is 12.7 Å². The number of halogens is 1. The number of hydrogen-bond donors (Lipinski definition) is 1. The predicted octanol–water partition coefficient (Wildman–Crippen LogP) is 3.90. The largest absolute Gasteiger partial charge is 0.378 e. The number of rotatable bonds is 5. The Morgan fingerprint density at radius 1 is 1.10 bits per heavy atom. The molecule has 2 aromatic rings. The van der Waals surface area contributed by atoms with E-state index in [-0.39, 0.29) is 11.9 Å². The molecule has 0 aliphatic carbocycles. The molecular weight excluding hydrogens is 263 g/mol. The van der Waals surface area contributed by atoms with E-state index in [1.165, 1.54) is 0 Å². The van der Waals surface area contributed by atoms with Crippen LogP contribution in [0.2, 0.25) is 0 Å².